The molecule has 0 aromatic heterocycles. The largest absolute Gasteiger partial charge is 0.321 e. The van der Waals surface area contributed by atoms with Crippen LogP contribution >= 0.6 is 11.8 Å². The molecule has 0 aromatic rings. The van der Waals surface area contributed by atoms with E-state index in [0.717, 1.165) is 5.01 Å². The number of hydrogen-bond donors (Lipinski definition) is 2. The maximum absolute atomic E-state index is 10.6. The molecule has 0 bridgehead atoms. The fraction of sp³-hybridized carbons (Fsp3) is 0.333. The monoisotopic (exact) mass is 146 g/mol. The van der Waals surface area contributed by atoms with E-state index < -0.39 is 0 Å². The molecule has 1 rings (SSSR count). The van der Waals surface area contributed by atoms with Crippen molar-refractivity contribution in [3.05, 3.63) is 0 Å². The van der Waals surface area contributed by atoms with Gasteiger partial charge in [0.05, 0.1) is 5.75 Å². The van der Waals surface area contributed by atoms with Crippen LogP contribution in [-0.2, 0) is 4.79 Å². The molecular formula is C3H6N4OS. The number of amides is 1. The maximum Gasteiger partial charge on any atom is 0.253 e. The minimum Gasteiger partial charge on any atom is -0.321 e. The van der Waals surface area contributed by atoms with Gasteiger partial charge in [-0.2, -0.15) is 5.10 Å². The van der Waals surface area contributed by atoms with Crippen LogP contribution in [0.25, 0.3) is 0 Å². The molecule has 0 radical (unpaired) electrons. The van der Waals surface area contributed by atoms with E-state index in [9.17, 15) is 4.79 Å². The number of nitrogens with two attached hydrogens (primary N) is 2. The first-order valence-corrected chi connectivity index (χ1v) is 3.22. The molecule has 1 aliphatic heterocycles. The third-order valence-electron chi connectivity index (χ3n) is 0.910. The van der Waals surface area contributed by atoms with Gasteiger partial charge >= 0.3 is 0 Å². The second-order valence-electron chi connectivity index (χ2n) is 1.46. The van der Waals surface area contributed by atoms with Crippen molar-refractivity contribution in [1.82, 2.24) is 5.01 Å². The Bertz CT molecular complexity index is 167. The highest BCUT2D eigenvalue weighted by Gasteiger charge is 2.24. The molecule has 1 amide bonds. The zero-order chi connectivity index (χ0) is 6.85. The van der Waals surface area contributed by atoms with Crippen molar-refractivity contribution in [1.29, 1.82) is 0 Å². The summed E-state index contributed by atoms with van der Waals surface area (Å²) in [5.41, 5.74) is 0. The number of carbonyl (C=O) groups excluding carboxylic acids is 1. The number of amidine groups is 1. The molecule has 1 fully saturated rings. The number of rotatable bonds is 0. The molecule has 50 valence electrons. The van der Waals surface area contributed by atoms with Crippen LogP contribution in [-0.4, -0.2) is 21.8 Å². The van der Waals surface area contributed by atoms with Gasteiger partial charge in [-0.05, 0) is 0 Å². The van der Waals surface area contributed by atoms with E-state index in [1.807, 2.05) is 0 Å². The van der Waals surface area contributed by atoms with Crippen LogP contribution in [0.1, 0.15) is 0 Å². The number of hydrazone groups is 1. The summed E-state index contributed by atoms with van der Waals surface area (Å²) in [5.74, 6) is 10.2. The summed E-state index contributed by atoms with van der Waals surface area (Å²) in [5, 5.41) is 4.60. The second kappa shape index (κ2) is 2.24. The van der Waals surface area contributed by atoms with E-state index in [-0.39, 0.29) is 5.91 Å². The average molecular weight is 146 g/mol. The smallest absolute Gasteiger partial charge is 0.253 e. The Hall–Kier alpha value is -0.750. The van der Waals surface area contributed by atoms with E-state index in [1.165, 1.54) is 11.8 Å². The number of thioether (sulfide) groups is 1. The highest BCUT2D eigenvalue weighted by molar-refractivity contribution is 8.15. The Labute approximate surface area is 56.0 Å². The van der Waals surface area contributed by atoms with Crippen LogP contribution in [0.3, 0.4) is 0 Å². The summed E-state index contributed by atoms with van der Waals surface area (Å²) in [6.45, 7) is 0. The molecule has 6 heteroatoms. The zero-order valence-electron chi connectivity index (χ0n) is 4.57. The number of nitrogens with zero attached hydrogens (tertiary/aromatic N) is 2. The van der Waals surface area contributed by atoms with Crippen molar-refractivity contribution in [3.63, 3.8) is 0 Å². The highest BCUT2D eigenvalue weighted by atomic mass is 32.2. The molecule has 9 heavy (non-hydrogen) atoms. The van der Waals surface area contributed by atoms with E-state index >= 15 is 0 Å². The van der Waals surface area contributed by atoms with E-state index in [2.05, 4.69) is 5.10 Å². The van der Waals surface area contributed by atoms with Crippen molar-refractivity contribution < 1.29 is 4.79 Å². The molecule has 0 aromatic carbocycles. The number of hydrazine groups is 1. The molecule has 1 saturated heterocycles. The van der Waals surface area contributed by atoms with Gasteiger partial charge in [-0.1, -0.05) is 11.8 Å². The van der Waals surface area contributed by atoms with Gasteiger partial charge < -0.3 is 5.84 Å². The lowest BCUT2D eigenvalue weighted by Crippen LogP contribution is -2.36. The first-order valence-electron chi connectivity index (χ1n) is 2.24. The van der Waals surface area contributed by atoms with Crippen molar-refractivity contribution in [2.24, 2.45) is 16.8 Å². The molecule has 0 saturated carbocycles. The first kappa shape index (κ1) is 6.37. The Morgan fingerprint density at radius 1 is 1.78 bits per heavy atom. The molecule has 5 nitrogen and oxygen atoms in total. The van der Waals surface area contributed by atoms with Crippen molar-refractivity contribution in [3.8, 4) is 0 Å². The molecule has 0 aliphatic carbocycles. The molecule has 0 atom stereocenters. The fourth-order valence-electron chi connectivity index (χ4n) is 0.472. The van der Waals surface area contributed by atoms with Gasteiger partial charge in [0.2, 0.25) is 5.17 Å². The summed E-state index contributed by atoms with van der Waals surface area (Å²) >= 11 is 1.23. The number of carbonyl (C=O) groups is 1. The van der Waals surface area contributed by atoms with Crippen molar-refractivity contribution >= 4 is 22.8 Å². The summed E-state index contributed by atoms with van der Waals surface area (Å²) in [4.78, 5) is 10.6. The van der Waals surface area contributed by atoms with E-state index in [1.54, 1.807) is 0 Å². The lowest BCUT2D eigenvalue weighted by Gasteiger charge is -2.04. The van der Waals surface area contributed by atoms with Crippen LogP contribution in [0.15, 0.2) is 5.10 Å². The molecule has 0 unspecified atom stereocenters. The Morgan fingerprint density at radius 2 is 2.44 bits per heavy atom. The SMILES string of the molecule is NN=C1SCC(=O)N1N. The molecule has 1 heterocycles. The normalized spacial score (nSPS) is 23.9. The van der Waals surface area contributed by atoms with Gasteiger partial charge in [0.25, 0.3) is 5.91 Å². The average Bonchev–Trinajstić information content (AvgIpc) is 2.15. The van der Waals surface area contributed by atoms with Gasteiger partial charge in [-0.3, -0.25) is 4.79 Å². The predicted molar refractivity (Wildman–Crippen MR) is 35.1 cm³/mol. The standard InChI is InChI=1S/C3H6N4OS/c4-6-3-7(5)2(8)1-9-3/h1,4-5H2. The molecule has 1 aliphatic rings. The quantitative estimate of drug-likeness (QED) is 0.252. The minimum absolute atomic E-state index is 0.163. The lowest BCUT2D eigenvalue weighted by atomic mass is 10.7. The van der Waals surface area contributed by atoms with Gasteiger partial charge in [0, 0.05) is 0 Å². The topological polar surface area (TPSA) is 84.7 Å². The fourth-order valence-corrected chi connectivity index (χ4v) is 1.18. The third-order valence-corrected chi connectivity index (χ3v) is 1.86. The lowest BCUT2D eigenvalue weighted by molar-refractivity contribution is -0.124. The maximum atomic E-state index is 10.6. The van der Waals surface area contributed by atoms with E-state index in [4.69, 9.17) is 11.7 Å². The van der Waals surface area contributed by atoms with Gasteiger partial charge in [0.1, 0.15) is 0 Å². The van der Waals surface area contributed by atoms with Crippen LogP contribution in [0.5, 0.6) is 0 Å². The molecular weight excluding hydrogens is 140 g/mol. The summed E-state index contributed by atoms with van der Waals surface area (Å²) in [6.07, 6.45) is 0. The van der Waals surface area contributed by atoms with Crippen LogP contribution in [0.4, 0.5) is 0 Å². The summed E-state index contributed by atoms with van der Waals surface area (Å²) < 4.78 is 0. The molecule has 0 spiro atoms. The minimum atomic E-state index is -0.163. The zero-order valence-corrected chi connectivity index (χ0v) is 5.39. The number of hydrogen-bond acceptors (Lipinski definition) is 5. The van der Waals surface area contributed by atoms with Gasteiger partial charge in [-0.15, -0.1) is 0 Å². The summed E-state index contributed by atoms with van der Waals surface area (Å²) in [6, 6.07) is 0. The highest BCUT2D eigenvalue weighted by Crippen LogP contribution is 2.13. The van der Waals surface area contributed by atoms with Crippen molar-refractivity contribution in [2.75, 3.05) is 5.75 Å². The molecule has 4 N–H and O–H groups in total. The second-order valence-corrected chi connectivity index (χ2v) is 2.41. The first-order chi connectivity index (χ1) is 4.25. The van der Waals surface area contributed by atoms with Gasteiger partial charge in [0.15, 0.2) is 0 Å². The Balaban J connectivity index is 2.73. The predicted octanol–water partition coefficient (Wildman–Crippen LogP) is -1.33. The van der Waals surface area contributed by atoms with Crippen LogP contribution in [0.2, 0.25) is 0 Å². The van der Waals surface area contributed by atoms with Crippen LogP contribution < -0.4 is 11.7 Å². The Kier molecular flexibility index (Phi) is 1.58. The summed E-state index contributed by atoms with van der Waals surface area (Å²) in [7, 11) is 0. The van der Waals surface area contributed by atoms with Crippen molar-refractivity contribution in [2.45, 2.75) is 0 Å². The Morgan fingerprint density at radius 3 is 2.67 bits per heavy atom. The van der Waals surface area contributed by atoms with Gasteiger partial charge in [-0.25, -0.2) is 10.9 Å². The third kappa shape index (κ3) is 0.984. The van der Waals surface area contributed by atoms with E-state index in [0.29, 0.717) is 10.9 Å². The van der Waals surface area contributed by atoms with Crippen LogP contribution in [0, 0.1) is 0 Å².